The normalized spacial score (nSPS) is 14.4. The number of nitrogens with one attached hydrogen (secondary N) is 1. The summed E-state index contributed by atoms with van der Waals surface area (Å²) in [4.78, 5) is 31.1. The molecule has 1 N–H and O–H groups in total. The van der Waals surface area contributed by atoms with Gasteiger partial charge in [-0.25, -0.2) is 0 Å². The Balaban J connectivity index is 1.50. The van der Waals surface area contributed by atoms with Crippen LogP contribution in [0.15, 0.2) is 58.3 Å². The summed E-state index contributed by atoms with van der Waals surface area (Å²) in [5.74, 6) is 1.32. The topological polar surface area (TPSA) is 115 Å². The Bertz CT molecular complexity index is 1360. The van der Waals surface area contributed by atoms with Crippen molar-refractivity contribution >= 4 is 28.8 Å². The Morgan fingerprint density at radius 1 is 1.19 bits per heavy atom. The molecule has 192 valence electrons. The van der Waals surface area contributed by atoms with Crippen LogP contribution >= 0.6 is 11.3 Å². The van der Waals surface area contributed by atoms with Gasteiger partial charge in [-0.1, -0.05) is 31.0 Å². The summed E-state index contributed by atoms with van der Waals surface area (Å²) >= 11 is 1.42. The highest BCUT2D eigenvalue weighted by molar-refractivity contribution is 7.10. The number of thiophene rings is 1. The molecule has 37 heavy (non-hydrogen) atoms. The van der Waals surface area contributed by atoms with Gasteiger partial charge in [0.1, 0.15) is 24.1 Å². The molecule has 1 aliphatic carbocycles. The third-order valence-electron chi connectivity index (χ3n) is 6.32. The van der Waals surface area contributed by atoms with Crippen molar-refractivity contribution in [2.75, 3.05) is 12.0 Å². The number of hydrogen-bond donors (Lipinski definition) is 1. The van der Waals surface area contributed by atoms with E-state index in [1.54, 1.807) is 24.3 Å². The lowest BCUT2D eigenvalue weighted by atomic mass is 10.1. The Morgan fingerprint density at radius 2 is 2.00 bits per heavy atom. The lowest BCUT2D eigenvalue weighted by Gasteiger charge is -2.32. The van der Waals surface area contributed by atoms with Gasteiger partial charge in [0.15, 0.2) is 5.76 Å². The van der Waals surface area contributed by atoms with Crippen molar-refractivity contribution in [3.63, 3.8) is 0 Å². The van der Waals surface area contributed by atoms with E-state index in [2.05, 4.69) is 20.7 Å². The number of benzene rings is 1. The quantitative estimate of drug-likeness (QED) is 0.353. The summed E-state index contributed by atoms with van der Waals surface area (Å²) in [7, 11) is 1.54. The molecule has 0 unspecified atom stereocenters. The van der Waals surface area contributed by atoms with Crippen molar-refractivity contribution in [1.29, 1.82) is 0 Å². The summed E-state index contributed by atoms with van der Waals surface area (Å²) < 4.78 is 11.2. The summed E-state index contributed by atoms with van der Waals surface area (Å²) in [6.07, 6.45) is 4.03. The summed E-state index contributed by atoms with van der Waals surface area (Å²) in [6, 6.07) is 13.7. The second-order valence-electron chi connectivity index (χ2n) is 8.90. The molecule has 3 heterocycles. The Hall–Kier alpha value is -3.99. The number of hydrogen-bond acceptors (Lipinski definition) is 8. The van der Waals surface area contributed by atoms with E-state index in [9.17, 15) is 9.59 Å². The molecule has 3 aromatic heterocycles. The van der Waals surface area contributed by atoms with Gasteiger partial charge in [-0.05, 0) is 60.7 Å². The third-order valence-corrected chi connectivity index (χ3v) is 7.25. The molecular formula is C26H28N6O4S. The minimum absolute atomic E-state index is 0.0980. The van der Waals surface area contributed by atoms with E-state index >= 15 is 0 Å². The molecule has 1 aromatic carbocycles. The number of furan rings is 1. The van der Waals surface area contributed by atoms with E-state index in [0.717, 1.165) is 36.3 Å². The van der Waals surface area contributed by atoms with E-state index < -0.39 is 6.04 Å². The summed E-state index contributed by atoms with van der Waals surface area (Å²) in [6.45, 7) is 1.59. The second kappa shape index (κ2) is 11.0. The van der Waals surface area contributed by atoms with Crippen molar-refractivity contribution < 1.29 is 18.7 Å². The fourth-order valence-corrected chi connectivity index (χ4v) is 5.39. The summed E-state index contributed by atoms with van der Waals surface area (Å²) in [5, 5.41) is 17.5. The largest absolute Gasteiger partial charge is 0.495 e. The minimum Gasteiger partial charge on any atom is -0.495 e. The molecule has 1 atom stereocenters. The van der Waals surface area contributed by atoms with Crippen LogP contribution in [0.2, 0.25) is 0 Å². The zero-order valence-electron chi connectivity index (χ0n) is 20.7. The van der Waals surface area contributed by atoms with Crippen LogP contribution in [0.1, 0.15) is 42.4 Å². The van der Waals surface area contributed by atoms with Crippen LogP contribution in [0.25, 0.3) is 11.6 Å². The van der Waals surface area contributed by atoms with Crippen molar-refractivity contribution in [3.8, 4) is 17.3 Å². The molecule has 5 rings (SSSR count). The molecule has 10 nitrogen and oxygen atoms in total. The predicted octanol–water partition coefficient (Wildman–Crippen LogP) is 4.14. The number of tetrazole rings is 1. The zero-order chi connectivity index (χ0) is 25.8. The van der Waals surface area contributed by atoms with Gasteiger partial charge in [0.2, 0.25) is 11.7 Å². The molecule has 2 amide bonds. The van der Waals surface area contributed by atoms with Crippen LogP contribution in [0.5, 0.6) is 5.75 Å². The Labute approximate surface area is 218 Å². The van der Waals surface area contributed by atoms with Gasteiger partial charge < -0.3 is 14.5 Å². The van der Waals surface area contributed by atoms with Crippen molar-refractivity contribution in [1.82, 2.24) is 25.5 Å². The molecule has 0 bridgehead atoms. The van der Waals surface area contributed by atoms with Gasteiger partial charge in [-0.3, -0.25) is 14.5 Å². The number of aryl methyl sites for hydroxylation is 1. The minimum atomic E-state index is -0.889. The summed E-state index contributed by atoms with van der Waals surface area (Å²) in [5.41, 5.74) is 0.483. The van der Waals surface area contributed by atoms with Gasteiger partial charge in [-0.2, -0.15) is 4.80 Å². The number of ether oxygens (including phenoxy) is 1. The molecule has 1 saturated carbocycles. The highest BCUT2D eigenvalue weighted by atomic mass is 32.1. The monoisotopic (exact) mass is 520 g/mol. The molecule has 0 saturated heterocycles. The van der Waals surface area contributed by atoms with Gasteiger partial charge in [0.25, 0.3) is 5.91 Å². The highest BCUT2D eigenvalue weighted by Gasteiger charge is 2.36. The van der Waals surface area contributed by atoms with Gasteiger partial charge in [0, 0.05) is 10.9 Å². The highest BCUT2D eigenvalue weighted by Crippen LogP contribution is 2.37. The number of carbonyl (C=O) groups is 2. The van der Waals surface area contributed by atoms with Crippen molar-refractivity contribution in [2.45, 2.75) is 51.2 Å². The average Bonchev–Trinajstić information content (AvgIpc) is 3.71. The van der Waals surface area contributed by atoms with Gasteiger partial charge in [0.05, 0.1) is 12.8 Å². The average molecular weight is 521 g/mol. The lowest BCUT2D eigenvalue weighted by molar-refractivity contribution is -0.127. The van der Waals surface area contributed by atoms with Gasteiger partial charge in [-0.15, -0.1) is 21.5 Å². The molecular weight excluding hydrogens is 492 g/mol. The van der Waals surface area contributed by atoms with Crippen LogP contribution in [-0.4, -0.2) is 45.2 Å². The van der Waals surface area contributed by atoms with E-state index in [4.69, 9.17) is 9.15 Å². The molecule has 11 heteroatoms. The first-order valence-corrected chi connectivity index (χ1v) is 13.0. The van der Waals surface area contributed by atoms with Crippen molar-refractivity contribution in [2.24, 2.45) is 0 Å². The first kappa shape index (κ1) is 24.7. The predicted molar refractivity (Wildman–Crippen MR) is 138 cm³/mol. The van der Waals surface area contributed by atoms with Crippen LogP contribution in [-0.2, 0) is 16.1 Å². The fourth-order valence-electron chi connectivity index (χ4n) is 4.58. The number of aromatic nitrogens is 4. The third kappa shape index (κ3) is 5.41. The van der Waals surface area contributed by atoms with Crippen LogP contribution in [0.4, 0.5) is 5.69 Å². The lowest BCUT2D eigenvalue weighted by Crippen LogP contribution is -2.47. The SMILES string of the molecule is COc1ccccc1N(C(=O)Cn1nnc(-c2ccc(C)o2)n1)[C@H](C(=O)NC1CCCC1)c1cccs1. The Kier molecular flexibility index (Phi) is 7.31. The van der Waals surface area contributed by atoms with E-state index in [-0.39, 0.29) is 30.2 Å². The van der Waals surface area contributed by atoms with E-state index in [1.165, 1.54) is 28.1 Å². The number of nitrogens with zero attached hydrogens (tertiary/aromatic N) is 5. The van der Waals surface area contributed by atoms with Crippen LogP contribution in [0.3, 0.4) is 0 Å². The molecule has 0 radical (unpaired) electrons. The molecule has 0 aliphatic heterocycles. The smallest absolute Gasteiger partial charge is 0.251 e. The zero-order valence-corrected chi connectivity index (χ0v) is 21.5. The van der Waals surface area contributed by atoms with Crippen LogP contribution < -0.4 is 15.0 Å². The fraction of sp³-hybridized carbons (Fsp3) is 0.346. The number of carbonyl (C=O) groups excluding carboxylic acids is 2. The Morgan fingerprint density at radius 3 is 2.70 bits per heavy atom. The maximum absolute atomic E-state index is 14.0. The second-order valence-corrected chi connectivity index (χ2v) is 9.88. The number of rotatable bonds is 9. The molecule has 4 aromatic rings. The molecule has 1 fully saturated rings. The van der Waals surface area contributed by atoms with E-state index in [1.807, 2.05) is 36.6 Å². The number of amides is 2. The first-order chi connectivity index (χ1) is 18.0. The maximum Gasteiger partial charge on any atom is 0.251 e. The number of para-hydroxylation sites is 2. The standard InChI is InChI=1S/C26H28N6O4S/c1-17-13-14-21(36-17)25-28-30-31(29-25)16-23(33)32(19-10-5-6-11-20(19)35-2)24(22-12-7-15-37-22)26(34)27-18-8-3-4-9-18/h5-7,10-15,18,24H,3-4,8-9,16H2,1-2H3,(H,27,34)/t24-/m0/s1. The van der Waals surface area contributed by atoms with Crippen molar-refractivity contribution in [3.05, 3.63) is 64.5 Å². The van der Waals surface area contributed by atoms with Gasteiger partial charge >= 0.3 is 0 Å². The number of methoxy groups -OCH3 is 1. The number of anilines is 1. The maximum atomic E-state index is 14.0. The first-order valence-electron chi connectivity index (χ1n) is 12.2. The van der Waals surface area contributed by atoms with E-state index in [0.29, 0.717) is 17.2 Å². The van der Waals surface area contributed by atoms with Crippen LogP contribution in [0, 0.1) is 6.92 Å². The molecule has 1 aliphatic rings. The molecule has 0 spiro atoms.